The Bertz CT molecular complexity index is 513. The van der Waals surface area contributed by atoms with Gasteiger partial charge in [-0.2, -0.15) is 5.10 Å². The van der Waals surface area contributed by atoms with Crippen LogP contribution in [0.5, 0.6) is 17.2 Å². The molecule has 0 aliphatic heterocycles. The van der Waals surface area contributed by atoms with Gasteiger partial charge >= 0.3 is 0 Å². The third-order valence-corrected chi connectivity index (χ3v) is 3.10. The molecule has 6 heteroatoms. The van der Waals surface area contributed by atoms with Gasteiger partial charge in [-0.25, -0.2) is 5.43 Å². The summed E-state index contributed by atoms with van der Waals surface area (Å²) in [4.78, 5) is 12.1. The molecule has 0 spiro atoms. The van der Waals surface area contributed by atoms with Crippen molar-refractivity contribution in [1.82, 2.24) is 5.43 Å². The highest BCUT2D eigenvalue weighted by molar-refractivity contribution is 5.96. The second kappa shape index (κ2) is 7.52. The van der Waals surface area contributed by atoms with Crippen LogP contribution in [-0.2, 0) is 0 Å². The number of hydrogen-bond acceptors (Lipinski definition) is 5. The Kier molecular flexibility index (Phi) is 6.02. The fourth-order valence-electron chi connectivity index (χ4n) is 1.54. The van der Waals surface area contributed by atoms with E-state index < -0.39 is 0 Å². The average molecular weight is 294 g/mol. The zero-order valence-electron chi connectivity index (χ0n) is 13.3. The van der Waals surface area contributed by atoms with Gasteiger partial charge in [-0.15, -0.1) is 0 Å². The Morgan fingerprint density at radius 3 is 2.00 bits per heavy atom. The van der Waals surface area contributed by atoms with E-state index in [2.05, 4.69) is 10.5 Å². The quantitative estimate of drug-likeness (QED) is 0.646. The van der Waals surface area contributed by atoms with Crippen LogP contribution in [0.25, 0.3) is 0 Å². The summed E-state index contributed by atoms with van der Waals surface area (Å²) in [5.74, 6) is 1.22. The molecule has 0 fully saturated rings. The van der Waals surface area contributed by atoms with E-state index in [1.54, 1.807) is 12.1 Å². The van der Waals surface area contributed by atoms with Crippen molar-refractivity contribution in [3.63, 3.8) is 0 Å². The molecule has 1 rings (SSSR count). The van der Waals surface area contributed by atoms with Crippen molar-refractivity contribution in [1.29, 1.82) is 0 Å². The number of hydrogen-bond donors (Lipinski definition) is 1. The van der Waals surface area contributed by atoms with Gasteiger partial charge in [0.2, 0.25) is 5.75 Å². The van der Waals surface area contributed by atoms with Crippen LogP contribution in [0.1, 0.15) is 31.1 Å². The maximum absolute atomic E-state index is 12.1. The minimum Gasteiger partial charge on any atom is -0.493 e. The van der Waals surface area contributed by atoms with Crippen LogP contribution in [0.2, 0.25) is 0 Å². The summed E-state index contributed by atoms with van der Waals surface area (Å²) in [7, 11) is 4.51. The van der Waals surface area contributed by atoms with Gasteiger partial charge in [0.15, 0.2) is 11.5 Å². The molecule has 0 heterocycles. The molecule has 0 bridgehead atoms. The third-order valence-electron chi connectivity index (χ3n) is 3.10. The van der Waals surface area contributed by atoms with E-state index in [0.29, 0.717) is 22.8 Å². The number of carbonyl (C=O) groups is 1. The van der Waals surface area contributed by atoms with Crippen LogP contribution < -0.4 is 19.6 Å². The molecule has 0 aliphatic rings. The zero-order chi connectivity index (χ0) is 16.0. The van der Waals surface area contributed by atoms with Gasteiger partial charge in [0.05, 0.1) is 21.3 Å². The highest BCUT2D eigenvalue weighted by Crippen LogP contribution is 2.38. The fraction of sp³-hybridized carbons (Fsp3) is 0.467. The van der Waals surface area contributed by atoms with E-state index in [0.717, 1.165) is 5.71 Å². The van der Waals surface area contributed by atoms with Gasteiger partial charge in [-0.3, -0.25) is 4.79 Å². The first kappa shape index (κ1) is 16.8. The number of hydrazone groups is 1. The number of amides is 1. The molecule has 116 valence electrons. The minimum absolute atomic E-state index is 0.269. The molecule has 0 saturated heterocycles. The lowest BCUT2D eigenvalue weighted by atomic mass is 10.1. The number of methoxy groups -OCH3 is 3. The van der Waals surface area contributed by atoms with Crippen molar-refractivity contribution in [2.75, 3.05) is 21.3 Å². The highest BCUT2D eigenvalue weighted by atomic mass is 16.5. The first-order valence-electron chi connectivity index (χ1n) is 6.59. The zero-order valence-corrected chi connectivity index (χ0v) is 13.3. The molecule has 0 atom stereocenters. The van der Waals surface area contributed by atoms with E-state index in [4.69, 9.17) is 14.2 Å². The molecule has 1 aromatic carbocycles. The van der Waals surface area contributed by atoms with Crippen molar-refractivity contribution >= 4 is 11.6 Å². The maximum Gasteiger partial charge on any atom is 0.271 e. The lowest BCUT2D eigenvalue weighted by molar-refractivity contribution is 0.0954. The number of ether oxygens (including phenoxy) is 3. The van der Waals surface area contributed by atoms with Crippen LogP contribution in [0.4, 0.5) is 0 Å². The summed E-state index contributed by atoms with van der Waals surface area (Å²) in [6.45, 7) is 5.87. The molecule has 0 unspecified atom stereocenters. The summed E-state index contributed by atoms with van der Waals surface area (Å²) < 4.78 is 15.6. The fourth-order valence-corrected chi connectivity index (χ4v) is 1.54. The number of nitrogens with one attached hydrogen (secondary N) is 1. The Labute approximate surface area is 125 Å². The van der Waals surface area contributed by atoms with E-state index in [1.165, 1.54) is 21.3 Å². The average Bonchev–Trinajstić information content (AvgIpc) is 2.50. The van der Waals surface area contributed by atoms with Crippen LogP contribution in [0.3, 0.4) is 0 Å². The molecule has 0 aliphatic carbocycles. The summed E-state index contributed by atoms with van der Waals surface area (Å²) in [5.41, 5.74) is 3.74. The third kappa shape index (κ3) is 4.11. The summed E-state index contributed by atoms with van der Waals surface area (Å²) in [6.07, 6.45) is 0. The van der Waals surface area contributed by atoms with Crippen LogP contribution >= 0.6 is 0 Å². The van der Waals surface area contributed by atoms with Gasteiger partial charge in [-0.1, -0.05) is 13.8 Å². The predicted molar refractivity (Wildman–Crippen MR) is 81.5 cm³/mol. The molecular formula is C15H22N2O4. The number of benzene rings is 1. The van der Waals surface area contributed by atoms with E-state index in [9.17, 15) is 4.79 Å². The van der Waals surface area contributed by atoms with Gasteiger partial charge in [0, 0.05) is 11.3 Å². The van der Waals surface area contributed by atoms with E-state index >= 15 is 0 Å². The largest absolute Gasteiger partial charge is 0.493 e. The van der Waals surface area contributed by atoms with Gasteiger partial charge in [0.25, 0.3) is 5.91 Å². The lowest BCUT2D eigenvalue weighted by Gasteiger charge is -2.13. The van der Waals surface area contributed by atoms with Crippen molar-refractivity contribution in [2.45, 2.75) is 20.8 Å². The number of rotatable bonds is 6. The molecule has 21 heavy (non-hydrogen) atoms. The van der Waals surface area contributed by atoms with Crippen molar-refractivity contribution in [3.05, 3.63) is 17.7 Å². The van der Waals surface area contributed by atoms with Crippen molar-refractivity contribution in [3.8, 4) is 17.2 Å². The lowest BCUT2D eigenvalue weighted by Crippen LogP contribution is -2.20. The van der Waals surface area contributed by atoms with E-state index in [1.807, 2.05) is 20.8 Å². The molecule has 1 aromatic rings. The Balaban J connectivity index is 3.08. The normalized spacial score (nSPS) is 11.3. The molecule has 6 nitrogen and oxygen atoms in total. The Morgan fingerprint density at radius 2 is 1.62 bits per heavy atom. The summed E-state index contributed by atoms with van der Waals surface area (Å²) in [6, 6.07) is 3.16. The molecule has 1 N–H and O–H groups in total. The summed E-state index contributed by atoms with van der Waals surface area (Å²) in [5, 5.41) is 4.06. The molecule has 1 amide bonds. The SMILES string of the molecule is COc1cc(C(=O)N/N=C(\C)C(C)C)cc(OC)c1OC. The predicted octanol–water partition coefficient (Wildman–Crippen LogP) is 2.47. The molecular weight excluding hydrogens is 272 g/mol. The molecule has 0 radical (unpaired) electrons. The monoisotopic (exact) mass is 294 g/mol. The van der Waals surface area contributed by atoms with Crippen molar-refractivity contribution in [2.24, 2.45) is 11.0 Å². The van der Waals surface area contributed by atoms with Gasteiger partial charge < -0.3 is 14.2 Å². The van der Waals surface area contributed by atoms with Crippen molar-refractivity contribution < 1.29 is 19.0 Å². The molecule has 0 saturated carbocycles. The number of carbonyl (C=O) groups excluding carboxylic acids is 1. The van der Waals surface area contributed by atoms with E-state index in [-0.39, 0.29) is 11.8 Å². The maximum atomic E-state index is 12.1. The van der Waals surface area contributed by atoms with Crippen LogP contribution in [0, 0.1) is 5.92 Å². The Morgan fingerprint density at radius 1 is 1.10 bits per heavy atom. The van der Waals surface area contributed by atoms with Gasteiger partial charge in [0.1, 0.15) is 0 Å². The minimum atomic E-state index is -0.339. The first-order chi connectivity index (χ1) is 9.94. The first-order valence-corrected chi connectivity index (χ1v) is 6.59. The topological polar surface area (TPSA) is 69.2 Å². The second-order valence-corrected chi connectivity index (χ2v) is 4.76. The standard InChI is InChI=1S/C15H22N2O4/c1-9(2)10(3)16-17-15(18)11-7-12(19-4)14(21-6)13(8-11)20-5/h7-9H,1-6H3,(H,17,18)/b16-10+. The highest BCUT2D eigenvalue weighted by Gasteiger charge is 2.16. The second-order valence-electron chi connectivity index (χ2n) is 4.76. The number of nitrogens with zero attached hydrogens (tertiary/aromatic N) is 1. The van der Waals surface area contributed by atoms with Gasteiger partial charge in [-0.05, 0) is 25.0 Å². The summed E-state index contributed by atoms with van der Waals surface area (Å²) >= 11 is 0. The molecule has 0 aromatic heterocycles. The van der Waals surface area contributed by atoms with Crippen LogP contribution in [-0.4, -0.2) is 32.9 Å². The Hall–Kier alpha value is -2.24. The van der Waals surface area contributed by atoms with Crippen LogP contribution in [0.15, 0.2) is 17.2 Å². The smallest absolute Gasteiger partial charge is 0.271 e.